The fourth-order valence-electron chi connectivity index (χ4n) is 3.96. The van der Waals surface area contributed by atoms with Crippen LogP contribution in [-0.4, -0.2) is 26.4 Å². The average molecular weight is 477 g/mol. The molecule has 5 rings (SSSR count). The smallest absolute Gasteiger partial charge is 0.281 e. The van der Waals surface area contributed by atoms with Crippen LogP contribution in [0.15, 0.2) is 82.6 Å². The van der Waals surface area contributed by atoms with E-state index in [0.29, 0.717) is 16.5 Å². The quantitative estimate of drug-likeness (QED) is 0.408. The Morgan fingerprint density at radius 2 is 1.91 bits per heavy atom. The average Bonchev–Trinajstić information content (AvgIpc) is 3.16. The lowest BCUT2D eigenvalue weighted by atomic mass is 10.1. The fraction of sp³-hybridized carbons (Fsp3) is 0.0800. The Labute approximate surface area is 197 Å². The van der Waals surface area contributed by atoms with Crippen molar-refractivity contribution in [2.24, 2.45) is 0 Å². The molecule has 0 saturated carbocycles. The van der Waals surface area contributed by atoms with Gasteiger partial charge in [0.05, 0.1) is 41.0 Å². The zero-order valence-electron chi connectivity index (χ0n) is 18.0. The molecule has 3 aromatic heterocycles. The number of nitrogens with one attached hydrogen (secondary N) is 1. The molecule has 3 heterocycles. The van der Waals surface area contributed by atoms with Gasteiger partial charge in [-0.3, -0.25) is 19.7 Å². The number of halogens is 2. The molecule has 0 amide bonds. The van der Waals surface area contributed by atoms with Gasteiger partial charge in [-0.15, -0.1) is 0 Å². The molecule has 9 heteroatoms. The number of hydrogen-bond acceptors (Lipinski definition) is 4. The van der Waals surface area contributed by atoms with Crippen LogP contribution >= 0.6 is 11.6 Å². The van der Waals surface area contributed by atoms with Crippen LogP contribution in [0.3, 0.4) is 0 Å². The third-order valence-electron chi connectivity index (χ3n) is 5.55. The summed E-state index contributed by atoms with van der Waals surface area (Å²) >= 11 is 6.32. The number of aromatic nitrogens is 4. The highest BCUT2D eigenvalue weighted by molar-refractivity contribution is 6.32. The zero-order chi connectivity index (χ0) is 23.8. The summed E-state index contributed by atoms with van der Waals surface area (Å²) in [5.74, 6) is -0.312. The number of benzene rings is 2. The minimum Gasteiger partial charge on any atom is -0.497 e. The molecule has 170 valence electrons. The number of methoxy groups -OCH3 is 1. The summed E-state index contributed by atoms with van der Waals surface area (Å²) in [5, 5.41) is 3.46. The molecule has 0 saturated heterocycles. The predicted octanol–water partition coefficient (Wildman–Crippen LogP) is 4.39. The van der Waals surface area contributed by atoms with Gasteiger partial charge in [-0.1, -0.05) is 29.8 Å². The summed E-state index contributed by atoms with van der Waals surface area (Å²) in [6.07, 6.45) is 3.23. The van der Waals surface area contributed by atoms with Crippen LogP contribution in [0.2, 0.25) is 5.02 Å². The van der Waals surface area contributed by atoms with Gasteiger partial charge in [0, 0.05) is 30.1 Å². The standard InChI is InChI=1S/C25H18ClFN4O3/c1-34-16-8-9-17(19(27)11-16)24-23-20(12-22(32)30(24)14-15-5-4-10-28-13-15)29-31(25(23)33)21-7-3-2-6-18(21)26/h2-13,29H,14H2,1H3. The van der Waals surface area contributed by atoms with Crippen molar-refractivity contribution in [3.05, 3.63) is 110 Å². The maximum absolute atomic E-state index is 15.3. The first-order valence-electron chi connectivity index (χ1n) is 10.3. The lowest BCUT2D eigenvalue weighted by Gasteiger charge is -2.15. The van der Waals surface area contributed by atoms with E-state index >= 15 is 4.39 Å². The minimum absolute atomic E-state index is 0.0924. The van der Waals surface area contributed by atoms with Crippen LogP contribution in [0.5, 0.6) is 5.75 Å². The Balaban J connectivity index is 1.86. The molecule has 0 spiro atoms. The fourth-order valence-corrected chi connectivity index (χ4v) is 4.18. The number of aromatic amines is 1. The van der Waals surface area contributed by atoms with Crippen LogP contribution < -0.4 is 15.9 Å². The normalized spacial score (nSPS) is 11.1. The van der Waals surface area contributed by atoms with Gasteiger partial charge in [-0.05, 0) is 35.9 Å². The molecule has 2 aromatic carbocycles. The SMILES string of the molecule is COc1ccc(-c2c3c(=O)n(-c4ccccc4Cl)[nH]c3cc(=O)n2Cc2cccnc2)c(F)c1. The number of rotatable bonds is 5. The van der Waals surface area contributed by atoms with Crippen molar-refractivity contribution in [1.29, 1.82) is 0 Å². The molecule has 0 bridgehead atoms. The van der Waals surface area contributed by atoms with Gasteiger partial charge < -0.3 is 9.30 Å². The molecular weight excluding hydrogens is 459 g/mol. The lowest BCUT2D eigenvalue weighted by Crippen LogP contribution is -2.24. The number of pyridine rings is 2. The van der Waals surface area contributed by atoms with Gasteiger partial charge in [-0.25, -0.2) is 9.07 Å². The van der Waals surface area contributed by atoms with Crippen LogP contribution in [0, 0.1) is 5.82 Å². The van der Waals surface area contributed by atoms with E-state index in [0.717, 1.165) is 5.56 Å². The van der Waals surface area contributed by atoms with E-state index in [4.69, 9.17) is 16.3 Å². The molecule has 0 fully saturated rings. The summed E-state index contributed by atoms with van der Waals surface area (Å²) in [6.45, 7) is 0.0974. The molecule has 0 aliphatic heterocycles. The topological polar surface area (TPSA) is 81.9 Å². The van der Waals surface area contributed by atoms with Crippen molar-refractivity contribution in [2.75, 3.05) is 7.11 Å². The van der Waals surface area contributed by atoms with Gasteiger partial charge in [-0.2, -0.15) is 0 Å². The monoisotopic (exact) mass is 476 g/mol. The van der Waals surface area contributed by atoms with E-state index in [1.807, 2.05) is 0 Å². The molecule has 7 nitrogen and oxygen atoms in total. The van der Waals surface area contributed by atoms with Gasteiger partial charge in [0.2, 0.25) is 0 Å². The van der Waals surface area contributed by atoms with E-state index in [1.165, 1.54) is 34.6 Å². The van der Waals surface area contributed by atoms with Crippen LogP contribution in [0.4, 0.5) is 4.39 Å². The van der Waals surface area contributed by atoms with Crippen molar-refractivity contribution < 1.29 is 9.13 Å². The van der Waals surface area contributed by atoms with Gasteiger partial charge in [0.15, 0.2) is 0 Å². The summed E-state index contributed by atoms with van der Waals surface area (Å²) < 4.78 is 23.0. The highest BCUT2D eigenvalue weighted by Gasteiger charge is 2.22. The molecule has 34 heavy (non-hydrogen) atoms. The van der Waals surface area contributed by atoms with E-state index in [2.05, 4.69) is 10.1 Å². The Kier molecular flexibility index (Phi) is 5.51. The molecule has 0 atom stereocenters. The number of fused-ring (bicyclic) bond motifs is 1. The predicted molar refractivity (Wildman–Crippen MR) is 128 cm³/mol. The number of para-hydroxylation sites is 1. The second-order valence-corrected chi connectivity index (χ2v) is 8.02. The van der Waals surface area contributed by atoms with E-state index < -0.39 is 16.9 Å². The van der Waals surface area contributed by atoms with Gasteiger partial charge >= 0.3 is 0 Å². The van der Waals surface area contributed by atoms with E-state index in [-0.39, 0.29) is 28.7 Å². The van der Waals surface area contributed by atoms with Gasteiger partial charge in [0.25, 0.3) is 11.1 Å². The second-order valence-electron chi connectivity index (χ2n) is 7.62. The summed E-state index contributed by atoms with van der Waals surface area (Å²) in [7, 11) is 1.43. The highest BCUT2D eigenvalue weighted by atomic mass is 35.5. The first-order valence-corrected chi connectivity index (χ1v) is 10.7. The zero-order valence-corrected chi connectivity index (χ0v) is 18.7. The van der Waals surface area contributed by atoms with Crippen molar-refractivity contribution in [2.45, 2.75) is 6.54 Å². The number of nitrogens with zero attached hydrogens (tertiary/aromatic N) is 3. The maximum Gasteiger partial charge on any atom is 0.281 e. The molecule has 0 radical (unpaired) electrons. The van der Waals surface area contributed by atoms with Crippen molar-refractivity contribution in [3.8, 4) is 22.7 Å². The molecule has 5 aromatic rings. The second kappa shape index (κ2) is 8.64. The molecular formula is C25H18ClFN4O3. The van der Waals surface area contributed by atoms with Crippen LogP contribution in [-0.2, 0) is 6.54 Å². The van der Waals surface area contributed by atoms with Crippen LogP contribution in [0.1, 0.15) is 5.56 Å². The maximum atomic E-state index is 15.3. The highest BCUT2D eigenvalue weighted by Crippen LogP contribution is 2.31. The van der Waals surface area contributed by atoms with Crippen molar-refractivity contribution in [3.63, 3.8) is 0 Å². The summed E-state index contributed by atoms with van der Waals surface area (Å²) in [4.78, 5) is 30.9. The van der Waals surface area contributed by atoms with Crippen molar-refractivity contribution >= 4 is 22.5 Å². The number of hydrogen-bond donors (Lipinski definition) is 1. The molecule has 0 aliphatic carbocycles. The minimum atomic E-state index is -0.629. The lowest BCUT2D eigenvalue weighted by molar-refractivity contribution is 0.411. The summed E-state index contributed by atoms with van der Waals surface area (Å²) in [6, 6.07) is 16.0. The molecule has 0 unspecified atom stereocenters. The Morgan fingerprint density at radius 3 is 2.62 bits per heavy atom. The largest absolute Gasteiger partial charge is 0.497 e. The first kappa shape index (κ1) is 21.7. The first-order chi connectivity index (χ1) is 16.5. The van der Waals surface area contributed by atoms with E-state index in [9.17, 15) is 9.59 Å². The number of H-pyrrole nitrogens is 1. The van der Waals surface area contributed by atoms with Crippen molar-refractivity contribution in [1.82, 2.24) is 19.3 Å². The van der Waals surface area contributed by atoms with Gasteiger partial charge in [0.1, 0.15) is 11.6 Å². The van der Waals surface area contributed by atoms with Crippen LogP contribution in [0.25, 0.3) is 27.8 Å². The number of ether oxygens (including phenoxy) is 1. The molecule has 1 N–H and O–H groups in total. The Bertz CT molecular complexity index is 1640. The molecule has 0 aliphatic rings. The summed E-state index contributed by atoms with van der Waals surface area (Å²) in [5.41, 5.74) is 0.775. The Morgan fingerprint density at radius 1 is 1.09 bits per heavy atom. The third-order valence-corrected chi connectivity index (χ3v) is 5.87. The van der Waals surface area contributed by atoms with E-state index in [1.54, 1.807) is 54.9 Å². The Hall–Kier alpha value is -4.17. The third kappa shape index (κ3) is 3.68.